The molecule has 0 aromatic carbocycles. The Hall–Kier alpha value is -0.810. The Kier molecular flexibility index (Phi) is 6.49. The third kappa shape index (κ3) is 4.16. The van der Waals surface area contributed by atoms with E-state index in [0.717, 1.165) is 0 Å². The predicted octanol–water partition coefficient (Wildman–Crippen LogP) is -4.77. The second kappa shape index (κ2) is 6.81. The lowest BCUT2D eigenvalue weighted by molar-refractivity contribution is -0.175. The van der Waals surface area contributed by atoms with Crippen molar-refractivity contribution in [2.75, 3.05) is 6.61 Å². The van der Waals surface area contributed by atoms with Crippen LogP contribution in [0.2, 0.25) is 0 Å². The molecule has 0 spiro atoms. The van der Waals surface area contributed by atoms with Crippen molar-refractivity contribution in [3.63, 3.8) is 0 Å². The number of carboxylic acids is 1. The van der Waals surface area contributed by atoms with Gasteiger partial charge in [-0.15, -0.1) is 0 Å². The predicted molar refractivity (Wildman–Crippen MR) is 50.8 cm³/mol. The van der Waals surface area contributed by atoms with Gasteiger partial charge in [-0.3, -0.25) is 0 Å². The second-order valence-electron chi connectivity index (χ2n) is 3.50. The molecule has 0 aliphatic heterocycles. The summed E-state index contributed by atoms with van der Waals surface area (Å²) in [5.74, 6) is -1.83. The van der Waals surface area contributed by atoms with Crippen LogP contribution in [0.5, 0.6) is 0 Å². The molecular weight excluding hydrogens is 240 g/mol. The van der Waals surface area contributed by atoms with Crippen LogP contribution >= 0.6 is 0 Å². The summed E-state index contributed by atoms with van der Waals surface area (Å²) in [7, 11) is 0. The zero-order chi connectivity index (χ0) is 13.7. The molecule has 0 rings (SSSR count). The van der Waals surface area contributed by atoms with Gasteiger partial charge in [0.1, 0.15) is 30.5 Å². The molecule has 0 unspecified atom stereocenters. The molecule has 8 N–H and O–H groups in total. The highest BCUT2D eigenvalue weighted by atomic mass is 16.4. The molecule has 0 aromatic rings. The average molecular weight is 256 g/mol. The van der Waals surface area contributed by atoms with E-state index in [2.05, 4.69) is 0 Å². The van der Waals surface area contributed by atoms with E-state index in [1.807, 2.05) is 0 Å². The van der Waals surface area contributed by atoms with E-state index in [4.69, 9.17) is 30.6 Å². The third-order valence-electron chi connectivity index (χ3n) is 2.21. The van der Waals surface area contributed by atoms with Crippen LogP contribution in [0.4, 0.5) is 0 Å². The van der Waals surface area contributed by atoms with E-state index < -0.39 is 49.2 Å². The summed E-state index contributed by atoms with van der Waals surface area (Å²) in [4.78, 5) is 10.3. The smallest absolute Gasteiger partial charge is 0.335 e. The van der Waals surface area contributed by atoms with Crippen molar-refractivity contribution in [2.24, 2.45) is 0 Å². The first-order valence-electron chi connectivity index (χ1n) is 4.66. The second-order valence-corrected chi connectivity index (χ2v) is 3.50. The van der Waals surface area contributed by atoms with Crippen LogP contribution in [0.3, 0.4) is 0 Å². The van der Waals surface area contributed by atoms with Gasteiger partial charge in [0, 0.05) is 0 Å². The first kappa shape index (κ1) is 16.2. The Labute approximate surface area is 95.8 Å². The topological polar surface area (TPSA) is 179 Å². The highest BCUT2D eigenvalue weighted by molar-refractivity contribution is 5.72. The molecule has 17 heavy (non-hydrogen) atoms. The summed E-state index contributed by atoms with van der Waals surface area (Å²) < 4.78 is 0. The van der Waals surface area contributed by atoms with Gasteiger partial charge in [-0.25, -0.2) is 4.79 Å². The molecule has 9 nitrogen and oxygen atoms in total. The fourth-order valence-electron chi connectivity index (χ4n) is 1.07. The SMILES string of the molecule is O=C(O)[C@H](O)[C@H](O)[C@H](O)[C@@H](O)[C@H](O)[C@@H](O)CO. The van der Waals surface area contributed by atoms with Crippen molar-refractivity contribution in [3.8, 4) is 0 Å². The van der Waals surface area contributed by atoms with Gasteiger partial charge in [-0.1, -0.05) is 0 Å². The molecule has 0 aliphatic carbocycles. The molecule has 102 valence electrons. The molecule has 0 amide bonds. The largest absolute Gasteiger partial charge is 0.479 e. The van der Waals surface area contributed by atoms with E-state index in [1.54, 1.807) is 0 Å². The van der Waals surface area contributed by atoms with Gasteiger partial charge >= 0.3 is 5.97 Å². The van der Waals surface area contributed by atoms with Gasteiger partial charge in [-0.2, -0.15) is 0 Å². The van der Waals surface area contributed by atoms with E-state index in [-0.39, 0.29) is 0 Å². The molecule has 0 saturated heterocycles. The number of aliphatic hydroxyl groups is 7. The maximum Gasteiger partial charge on any atom is 0.335 e. The first-order valence-corrected chi connectivity index (χ1v) is 4.66. The van der Waals surface area contributed by atoms with Gasteiger partial charge in [-0.05, 0) is 0 Å². The Balaban J connectivity index is 4.58. The number of carbonyl (C=O) groups is 1. The summed E-state index contributed by atoms with van der Waals surface area (Å²) in [6.45, 7) is -0.914. The average Bonchev–Trinajstić information content (AvgIpc) is 2.32. The molecule has 0 saturated carbocycles. The molecule has 0 aliphatic rings. The minimum absolute atomic E-state index is 0.914. The molecule has 9 heteroatoms. The summed E-state index contributed by atoms with van der Waals surface area (Å²) in [5.41, 5.74) is 0. The van der Waals surface area contributed by atoms with Crippen molar-refractivity contribution in [3.05, 3.63) is 0 Å². The number of carboxylic acid groups (broad SMARTS) is 1. The summed E-state index contributed by atoms with van der Waals surface area (Å²) in [5, 5.41) is 71.4. The number of hydrogen-bond acceptors (Lipinski definition) is 8. The number of hydrogen-bond donors (Lipinski definition) is 8. The van der Waals surface area contributed by atoms with Gasteiger partial charge in [0.25, 0.3) is 0 Å². The minimum atomic E-state index is -2.36. The van der Waals surface area contributed by atoms with Crippen LogP contribution in [0, 0.1) is 0 Å². The number of aliphatic hydroxyl groups excluding tert-OH is 7. The lowest BCUT2D eigenvalue weighted by Crippen LogP contribution is -2.54. The molecule has 6 atom stereocenters. The molecule has 0 aromatic heterocycles. The highest BCUT2D eigenvalue weighted by Gasteiger charge is 2.39. The molecule has 0 fully saturated rings. The zero-order valence-corrected chi connectivity index (χ0v) is 8.66. The summed E-state index contributed by atoms with van der Waals surface area (Å²) >= 11 is 0. The van der Waals surface area contributed by atoms with Crippen molar-refractivity contribution >= 4 is 5.97 Å². The van der Waals surface area contributed by atoms with Crippen molar-refractivity contribution < 1.29 is 45.6 Å². The number of rotatable bonds is 7. The van der Waals surface area contributed by atoms with Gasteiger partial charge in [0.2, 0.25) is 0 Å². The van der Waals surface area contributed by atoms with Gasteiger partial charge in [0.15, 0.2) is 6.10 Å². The molecule has 0 bridgehead atoms. The Morgan fingerprint density at radius 3 is 1.59 bits per heavy atom. The van der Waals surface area contributed by atoms with E-state index in [1.165, 1.54) is 0 Å². The van der Waals surface area contributed by atoms with E-state index in [0.29, 0.717) is 0 Å². The standard InChI is InChI=1S/C8H16O9/c9-1-2(10)3(11)4(12)5(13)6(14)7(15)8(16)17/h2-7,9-15H,1H2,(H,16,17)/t2-,3+,4-,5+,6+,7+/m0/s1. The Bertz CT molecular complexity index is 245. The zero-order valence-electron chi connectivity index (χ0n) is 8.66. The van der Waals surface area contributed by atoms with Crippen LogP contribution in [0.1, 0.15) is 0 Å². The van der Waals surface area contributed by atoms with Crippen LogP contribution in [0.25, 0.3) is 0 Å². The first-order chi connectivity index (χ1) is 7.73. The maximum absolute atomic E-state index is 10.3. The van der Waals surface area contributed by atoms with Gasteiger partial charge < -0.3 is 40.9 Å². The van der Waals surface area contributed by atoms with Crippen LogP contribution in [-0.2, 0) is 4.79 Å². The Morgan fingerprint density at radius 2 is 1.24 bits per heavy atom. The lowest BCUT2D eigenvalue weighted by atomic mass is 9.96. The van der Waals surface area contributed by atoms with E-state index >= 15 is 0 Å². The van der Waals surface area contributed by atoms with Crippen LogP contribution in [0.15, 0.2) is 0 Å². The molecule has 0 radical (unpaired) electrons. The van der Waals surface area contributed by atoms with Crippen molar-refractivity contribution in [1.29, 1.82) is 0 Å². The summed E-state index contributed by atoms with van der Waals surface area (Å²) in [6.07, 6.45) is -12.8. The number of aliphatic carboxylic acids is 1. The Morgan fingerprint density at radius 1 is 0.824 bits per heavy atom. The minimum Gasteiger partial charge on any atom is -0.479 e. The van der Waals surface area contributed by atoms with Gasteiger partial charge in [0.05, 0.1) is 6.61 Å². The fraction of sp³-hybridized carbons (Fsp3) is 0.875. The third-order valence-corrected chi connectivity index (χ3v) is 2.21. The molecular formula is C8H16O9. The normalized spacial score (nSPS) is 22.3. The quantitative estimate of drug-likeness (QED) is 0.222. The van der Waals surface area contributed by atoms with E-state index in [9.17, 15) is 15.0 Å². The van der Waals surface area contributed by atoms with Crippen LogP contribution in [-0.4, -0.2) is 90.1 Å². The maximum atomic E-state index is 10.3. The molecule has 0 heterocycles. The lowest BCUT2D eigenvalue weighted by Gasteiger charge is -2.29. The van der Waals surface area contributed by atoms with Crippen molar-refractivity contribution in [2.45, 2.75) is 36.6 Å². The summed E-state index contributed by atoms with van der Waals surface area (Å²) in [6, 6.07) is 0. The van der Waals surface area contributed by atoms with Crippen molar-refractivity contribution in [1.82, 2.24) is 0 Å². The fourth-order valence-corrected chi connectivity index (χ4v) is 1.07. The highest BCUT2D eigenvalue weighted by Crippen LogP contribution is 2.11. The van der Waals surface area contributed by atoms with Crippen LogP contribution < -0.4 is 0 Å². The monoisotopic (exact) mass is 256 g/mol.